The van der Waals surface area contributed by atoms with Gasteiger partial charge in [0.15, 0.2) is 0 Å². The van der Waals surface area contributed by atoms with Crippen molar-refractivity contribution in [3.8, 4) is 0 Å². The highest BCUT2D eigenvalue weighted by Crippen LogP contribution is 2.31. The van der Waals surface area contributed by atoms with Crippen molar-refractivity contribution in [1.29, 1.82) is 0 Å². The van der Waals surface area contributed by atoms with Crippen LogP contribution in [0.25, 0.3) is 0 Å². The molecule has 1 aromatic heterocycles. The highest BCUT2D eigenvalue weighted by atomic mass is 16.3. The molecule has 3 rings (SSSR count). The molecule has 1 atom stereocenters. The van der Waals surface area contributed by atoms with Gasteiger partial charge in [-0.3, -0.25) is 19.5 Å². The molecular formula is C20H30N4O3. The summed E-state index contributed by atoms with van der Waals surface area (Å²) in [5, 5.41) is 13.8. The monoisotopic (exact) mass is 374 g/mol. The van der Waals surface area contributed by atoms with Crippen molar-refractivity contribution in [3.05, 3.63) is 30.1 Å². The first kappa shape index (κ1) is 19.8. The van der Waals surface area contributed by atoms with Crippen molar-refractivity contribution in [1.82, 2.24) is 20.1 Å². The largest absolute Gasteiger partial charge is 0.383 e. The van der Waals surface area contributed by atoms with Crippen LogP contribution in [-0.4, -0.2) is 70.5 Å². The second-order valence-corrected chi connectivity index (χ2v) is 8.03. The molecule has 0 radical (unpaired) electrons. The number of carbonyl (C=O) groups is 2. The first-order valence-electron chi connectivity index (χ1n) is 9.82. The lowest BCUT2D eigenvalue weighted by molar-refractivity contribution is -0.142. The van der Waals surface area contributed by atoms with Gasteiger partial charge >= 0.3 is 0 Å². The zero-order valence-electron chi connectivity index (χ0n) is 16.2. The fourth-order valence-corrected chi connectivity index (χ4v) is 3.99. The molecule has 1 unspecified atom stereocenters. The molecule has 0 bridgehead atoms. The Labute approximate surface area is 160 Å². The maximum atomic E-state index is 12.8. The van der Waals surface area contributed by atoms with Gasteiger partial charge in [0, 0.05) is 38.9 Å². The number of piperazine rings is 1. The Bertz CT molecular complexity index is 656. The lowest BCUT2D eigenvalue weighted by Gasteiger charge is -2.40. The van der Waals surface area contributed by atoms with Crippen LogP contribution in [-0.2, 0) is 15.2 Å². The number of rotatable bonds is 5. The second kappa shape index (κ2) is 8.35. The SMILES string of the molecule is CC(C)CN1CCNC(=O)C1CC(=O)N1CCC(O)(c2ccccn2)CC1. The molecule has 2 aliphatic heterocycles. The minimum Gasteiger partial charge on any atom is -0.383 e. The van der Waals surface area contributed by atoms with Gasteiger partial charge in [-0.2, -0.15) is 0 Å². The van der Waals surface area contributed by atoms with Gasteiger partial charge < -0.3 is 15.3 Å². The Balaban J connectivity index is 1.59. The number of likely N-dealkylation sites (tertiary alicyclic amines) is 1. The molecule has 2 saturated heterocycles. The summed E-state index contributed by atoms with van der Waals surface area (Å²) in [6, 6.07) is 5.12. The van der Waals surface area contributed by atoms with Crippen LogP contribution < -0.4 is 5.32 Å². The minimum absolute atomic E-state index is 0.0196. The second-order valence-electron chi connectivity index (χ2n) is 8.03. The number of amides is 2. The maximum absolute atomic E-state index is 12.8. The van der Waals surface area contributed by atoms with E-state index >= 15 is 0 Å². The van der Waals surface area contributed by atoms with Crippen LogP contribution in [0.5, 0.6) is 0 Å². The zero-order valence-corrected chi connectivity index (χ0v) is 16.2. The molecule has 2 aliphatic rings. The summed E-state index contributed by atoms with van der Waals surface area (Å²) in [6.45, 7) is 7.42. The quantitative estimate of drug-likeness (QED) is 0.794. The summed E-state index contributed by atoms with van der Waals surface area (Å²) in [7, 11) is 0. The molecule has 0 aromatic carbocycles. The highest BCUT2D eigenvalue weighted by Gasteiger charge is 2.38. The van der Waals surface area contributed by atoms with Gasteiger partial charge in [-0.05, 0) is 30.9 Å². The third-order valence-corrected chi connectivity index (χ3v) is 5.49. The first-order valence-corrected chi connectivity index (χ1v) is 9.82. The summed E-state index contributed by atoms with van der Waals surface area (Å²) in [6.07, 6.45) is 2.79. The average Bonchev–Trinajstić information content (AvgIpc) is 2.65. The Morgan fingerprint density at radius 1 is 1.33 bits per heavy atom. The zero-order chi connectivity index (χ0) is 19.4. The molecule has 2 fully saturated rings. The molecule has 7 heteroatoms. The van der Waals surface area contributed by atoms with Crippen molar-refractivity contribution in [2.75, 3.05) is 32.7 Å². The van der Waals surface area contributed by atoms with Crippen molar-refractivity contribution in [2.24, 2.45) is 5.92 Å². The number of carbonyl (C=O) groups excluding carboxylic acids is 2. The van der Waals surface area contributed by atoms with E-state index in [0.29, 0.717) is 44.1 Å². The number of nitrogens with zero attached hydrogens (tertiary/aromatic N) is 3. The molecule has 0 spiro atoms. The lowest BCUT2D eigenvalue weighted by atomic mass is 9.87. The van der Waals surface area contributed by atoms with Crippen LogP contribution in [0, 0.1) is 5.92 Å². The summed E-state index contributed by atoms with van der Waals surface area (Å²) in [5.41, 5.74) is -0.323. The first-order chi connectivity index (χ1) is 12.9. The maximum Gasteiger partial charge on any atom is 0.237 e. The van der Waals surface area contributed by atoms with Crippen LogP contribution in [0.3, 0.4) is 0 Å². The number of hydrogen-bond donors (Lipinski definition) is 2. The Morgan fingerprint density at radius 3 is 2.70 bits per heavy atom. The molecule has 1 aromatic rings. The van der Waals surface area contributed by atoms with Gasteiger partial charge in [-0.1, -0.05) is 19.9 Å². The predicted molar refractivity (Wildman–Crippen MR) is 102 cm³/mol. The van der Waals surface area contributed by atoms with E-state index in [0.717, 1.165) is 13.1 Å². The van der Waals surface area contributed by atoms with Crippen LogP contribution in [0.4, 0.5) is 0 Å². The normalized spacial score (nSPS) is 23.3. The van der Waals surface area contributed by atoms with Crippen LogP contribution in [0.15, 0.2) is 24.4 Å². The van der Waals surface area contributed by atoms with Crippen LogP contribution >= 0.6 is 0 Å². The van der Waals surface area contributed by atoms with E-state index in [4.69, 9.17) is 0 Å². The van der Waals surface area contributed by atoms with Crippen molar-refractivity contribution in [2.45, 2.75) is 44.8 Å². The average molecular weight is 374 g/mol. The van der Waals surface area contributed by atoms with Crippen LogP contribution in [0.1, 0.15) is 38.8 Å². The summed E-state index contributed by atoms with van der Waals surface area (Å²) >= 11 is 0. The summed E-state index contributed by atoms with van der Waals surface area (Å²) in [5.74, 6) is 0.364. The molecule has 27 heavy (non-hydrogen) atoms. The number of pyridine rings is 1. The van der Waals surface area contributed by atoms with Crippen molar-refractivity contribution >= 4 is 11.8 Å². The van der Waals surface area contributed by atoms with E-state index < -0.39 is 11.6 Å². The van der Waals surface area contributed by atoms with Gasteiger partial charge in [0.2, 0.25) is 11.8 Å². The molecule has 3 heterocycles. The lowest BCUT2D eigenvalue weighted by Crippen LogP contribution is -2.57. The van der Waals surface area contributed by atoms with E-state index in [2.05, 4.69) is 29.0 Å². The minimum atomic E-state index is -0.982. The van der Waals surface area contributed by atoms with E-state index in [1.54, 1.807) is 11.1 Å². The number of piperidine rings is 1. The van der Waals surface area contributed by atoms with Gasteiger partial charge in [0.05, 0.1) is 18.2 Å². The Hall–Kier alpha value is -1.99. The van der Waals surface area contributed by atoms with Crippen molar-refractivity contribution < 1.29 is 14.7 Å². The van der Waals surface area contributed by atoms with Crippen molar-refractivity contribution in [3.63, 3.8) is 0 Å². The molecule has 7 nitrogen and oxygen atoms in total. The number of nitrogens with one attached hydrogen (secondary N) is 1. The molecule has 0 saturated carbocycles. The number of aromatic nitrogens is 1. The summed E-state index contributed by atoms with van der Waals surface area (Å²) in [4.78, 5) is 33.3. The third-order valence-electron chi connectivity index (χ3n) is 5.49. The van der Waals surface area contributed by atoms with E-state index in [1.807, 2.05) is 18.2 Å². The Morgan fingerprint density at radius 2 is 2.07 bits per heavy atom. The fourth-order valence-electron chi connectivity index (χ4n) is 3.99. The molecular weight excluding hydrogens is 344 g/mol. The number of hydrogen-bond acceptors (Lipinski definition) is 5. The van der Waals surface area contributed by atoms with Gasteiger partial charge in [-0.25, -0.2) is 0 Å². The molecule has 148 valence electrons. The van der Waals surface area contributed by atoms with Gasteiger partial charge in [0.25, 0.3) is 0 Å². The number of aliphatic hydroxyl groups is 1. The van der Waals surface area contributed by atoms with Gasteiger partial charge in [0.1, 0.15) is 5.60 Å². The molecule has 0 aliphatic carbocycles. The smallest absolute Gasteiger partial charge is 0.237 e. The fraction of sp³-hybridized carbons (Fsp3) is 0.650. The van der Waals surface area contributed by atoms with E-state index in [9.17, 15) is 14.7 Å². The van der Waals surface area contributed by atoms with Gasteiger partial charge in [-0.15, -0.1) is 0 Å². The van der Waals surface area contributed by atoms with E-state index in [1.165, 1.54) is 0 Å². The molecule has 2 amide bonds. The standard InChI is InChI=1S/C20H30N4O3/c1-15(2)14-24-12-9-22-19(26)16(24)13-18(25)23-10-6-20(27,7-11-23)17-5-3-4-8-21-17/h3-5,8,15-16,27H,6-7,9-14H2,1-2H3,(H,22,26). The molecule has 2 N–H and O–H groups in total. The third kappa shape index (κ3) is 4.65. The van der Waals surface area contributed by atoms with Crippen LogP contribution in [0.2, 0.25) is 0 Å². The predicted octanol–water partition coefficient (Wildman–Crippen LogP) is 0.738. The van der Waals surface area contributed by atoms with E-state index in [-0.39, 0.29) is 18.2 Å². The Kier molecular flexibility index (Phi) is 6.11. The topological polar surface area (TPSA) is 85.8 Å². The highest BCUT2D eigenvalue weighted by molar-refractivity contribution is 5.88. The summed E-state index contributed by atoms with van der Waals surface area (Å²) < 4.78 is 0.